The predicted octanol–water partition coefficient (Wildman–Crippen LogP) is 3.02. The van der Waals surface area contributed by atoms with Crippen LogP contribution in [0, 0.1) is 20.8 Å². The minimum Gasteiger partial charge on any atom is -0.492 e. The van der Waals surface area contributed by atoms with E-state index in [9.17, 15) is 0 Å². The molecule has 16 heavy (non-hydrogen) atoms. The van der Waals surface area contributed by atoms with Crippen LogP contribution in [0.3, 0.4) is 0 Å². The van der Waals surface area contributed by atoms with Crippen molar-refractivity contribution in [1.82, 2.24) is 5.32 Å². The Morgan fingerprint density at radius 3 is 2.19 bits per heavy atom. The van der Waals surface area contributed by atoms with Gasteiger partial charge in [0.15, 0.2) is 0 Å². The minimum atomic E-state index is 0. The normalized spacial score (nSPS) is 9.75. The molecule has 0 spiro atoms. The van der Waals surface area contributed by atoms with Gasteiger partial charge in [0.2, 0.25) is 0 Å². The van der Waals surface area contributed by atoms with Gasteiger partial charge in [-0.2, -0.15) is 0 Å². The largest absolute Gasteiger partial charge is 0.492 e. The van der Waals surface area contributed by atoms with Gasteiger partial charge in [-0.3, -0.25) is 0 Å². The first-order chi connectivity index (χ1) is 7.15. The van der Waals surface area contributed by atoms with Crippen molar-refractivity contribution in [3.8, 4) is 5.75 Å². The third-order valence-corrected chi connectivity index (χ3v) is 2.38. The molecule has 0 fully saturated rings. The Bertz CT molecular complexity index is 303. The molecule has 92 valence electrons. The summed E-state index contributed by atoms with van der Waals surface area (Å²) in [5.74, 6) is 1.04. The Kier molecular flexibility index (Phi) is 7.18. The molecule has 0 amide bonds. The lowest BCUT2D eigenvalue weighted by molar-refractivity contribution is 0.311. The number of rotatable bonds is 5. The molecule has 1 N–H and O–H groups in total. The molecule has 3 heteroatoms. The first-order valence-corrected chi connectivity index (χ1v) is 5.56. The third-order valence-electron chi connectivity index (χ3n) is 2.38. The zero-order valence-corrected chi connectivity index (χ0v) is 11.4. The molecule has 0 unspecified atom stereocenters. The Morgan fingerprint density at radius 1 is 1.12 bits per heavy atom. The van der Waals surface area contributed by atoms with Gasteiger partial charge in [0.1, 0.15) is 12.4 Å². The minimum absolute atomic E-state index is 0. The monoisotopic (exact) mass is 243 g/mol. The standard InChI is InChI=1S/C13H21NO.ClH/c1-5-14-6-7-15-13-11(3)8-10(2)9-12(13)4;/h8-9,14H,5-7H2,1-4H3;1H. The highest BCUT2D eigenvalue weighted by Gasteiger charge is 2.04. The van der Waals surface area contributed by atoms with Gasteiger partial charge in [-0.25, -0.2) is 0 Å². The number of hydrogen-bond acceptors (Lipinski definition) is 2. The average Bonchev–Trinajstić information content (AvgIpc) is 2.15. The van der Waals surface area contributed by atoms with Crippen LogP contribution >= 0.6 is 12.4 Å². The lowest BCUT2D eigenvalue weighted by Crippen LogP contribution is -2.20. The number of aryl methyl sites for hydroxylation is 3. The summed E-state index contributed by atoms with van der Waals surface area (Å²) in [6, 6.07) is 4.32. The van der Waals surface area contributed by atoms with E-state index in [1.165, 1.54) is 16.7 Å². The van der Waals surface area contributed by atoms with Crippen molar-refractivity contribution < 1.29 is 4.74 Å². The Balaban J connectivity index is 0.00000225. The maximum absolute atomic E-state index is 5.76. The van der Waals surface area contributed by atoms with E-state index in [1.54, 1.807) is 0 Å². The fourth-order valence-corrected chi connectivity index (χ4v) is 1.80. The fraction of sp³-hybridized carbons (Fsp3) is 0.538. The zero-order valence-electron chi connectivity index (χ0n) is 10.6. The summed E-state index contributed by atoms with van der Waals surface area (Å²) < 4.78 is 5.76. The molecule has 1 aromatic rings. The number of halogens is 1. The highest BCUT2D eigenvalue weighted by molar-refractivity contribution is 5.85. The van der Waals surface area contributed by atoms with Gasteiger partial charge in [0.05, 0.1) is 0 Å². The highest BCUT2D eigenvalue weighted by atomic mass is 35.5. The lowest BCUT2D eigenvalue weighted by atomic mass is 10.1. The fourth-order valence-electron chi connectivity index (χ4n) is 1.80. The van der Waals surface area contributed by atoms with Gasteiger partial charge in [0, 0.05) is 6.54 Å². The van der Waals surface area contributed by atoms with Crippen molar-refractivity contribution in [3.05, 3.63) is 28.8 Å². The van der Waals surface area contributed by atoms with Crippen LogP contribution in [0.5, 0.6) is 5.75 Å². The lowest BCUT2D eigenvalue weighted by Gasteiger charge is -2.13. The van der Waals surface area contributed by atoms with Crippen LogP contribution in [0.15, 0.2) is 12.1 Å². The molecule has 0 saturated carbocycles. The van der Waals surface area contributed by atoms with Crippen LogP contribution in [0.4, 0.5) is 0 Å². The molecule has 0 heterocycles. The Morgan fingerprint density at radius 2 is 1.69 bits per heavy atom. The zero-order chi connectivity index (χ0) is 11.3. The summed E-state index contributed by atoms with van der Waals surface area (Å²) in [6.45, 7) is 11.0. The Hall–Kier alpha value is -0.730. The van der Waals surface area contributed by atoms with E-state index >= 15 is 0 Å². The summed E-state index contributed by atoms with van der Waals surface area (Å²) in [6.07, 6.45) is 0. The van der Waals surface area contributed by atoms with Gasteiger partial charge in [-0.15, -0.1) is 12.4 Å². The van der Waals surface area contributed by atoms with Crippen molar-refractivity contribution in [2.45, 2.75) is 27.7 Å². The van der Waals surface area contributed by atoms with Crippen LogP contribution in [0.25, 0.3) is 0 Å². The molecule has 0 bridgehead atoms. The number of benzene rings is 1. The topological polar surface area (TPSA) is 21.3 Å². The van der Waals surface area contributed by atoms with Crippen molar-refractivity contribution >= 4 is 12.4 Å². The van der Waals surface area contributed by atoms with E-state index in [0.29, 0.717) is 0 Å². The smallest absolute Gasteiger partial charge is 0.125 e. The summed E-state index contributed by atoms with van der Waals surface area (Å²) in [5.41, 5.74) is 3.75. The van der Waals surface area contributed by atoms with Gasteiger partial charge >= 0.3 is 0 Å². The number of hydrogen-bond donors (Lipinski definition) is 1. The number of nitrogens with one attached hydrogen (secondary N) is 1. The Labute approximate surface area is 105 Å². The molecular formula is C13H22ClNO. The maximum Gasteiger partial charge on any atom is 0.125 e. The van der Waals surface area contributed by atoms with Crippen molar-refractivity contribution in [2.75, 3.05) is 19.7 Å². The van der Waals surface area contributed by atoms with Crippen LogP contribution in [-0.4, -0.2) is 19.7 Å². The molecule has 0 atom stereocenters. The van der Waals surface area contributed by atoms with Crippen LogP contribution < -0.4 is 10.1 Å². The van der Waals surface area contributed by atoms with Gasteiger partial charge in [-0.1, -0.05) is 24.6 Å². The van der Waals surface area contributed by atoms with E-state index in [2.05, 4.69) is 45.1 Å². The SMILES string of the molecule is CCNCCOc1c(C)cc(C)cc1C.Cl. The number of likely N-dealkylation sites (N-methyl/N-ethyl adjacent to an activating group) is 1. The maximum atomic E-state index is 5.76. The molecule has 0 aliphatic carbocycles. The van der Waals surface area contributed by atoms with Crippen LogP contribution in [0.1, 0.15) is 23.6 Å². The molecule has 0 aromatic heterocycles. The second-order valence-electron chi connectivity index (χ2n) is 3.93. The molecule has 0 radical (unpaired) electrons. The summed E-state index contributed by atoms with van der Waals surface area (Å²) in [7, 11) is 0. The molecule has 1 aromatic carbocycles. The highest BCUT2D eigenvalue weighted by Crippen LogP contribution is 2.24. The molecule has 2 nitrogen and oxygen atoms in total. The van der Waals surface area contributed by atoms with E-state index < -0.39 is 0 Å². The second-order valence-corrected chi connectivity index (χ2v) is 3.93. The van der Waals surface area contributed by atoms with E-state index in [4.69, 9.17) is 4.74 Å². The van der Waals surface area contributed by atoms with E-state index in [1.807, 2.05) is 0 Å². The first-order valence-electron chi connectivity index (χ1n) is 5.56. The third kappa shape index (κ3) is 4.42. The van der Waals surface area contributed by atoms with Crippen molar-refractivity contribution in [3.63, 3.8) is 0 Å². The first kappa shape index (κ1) is 15.3. The second kappa shape index (κ2) is 7.53. The molecule has 0 aliphatic rings. The van der Waals surface area contributed by atoms with Gasteiger partial charge in [-0.05, 0) is 38.4 Å². The summed E-state index contributed by atoms with van der Waals surface area (Å²) in [4.78, 5) is 0. The van der Waals surface area contributed by atoms with Gasteiger partial charge < -0.3 is 10.1 Å². The molecular weight excluding hydrogens is 222 g/mol. The van der Waals surface area contributed by atoms with Crippen molar-refractivity contribution in [2.24, 2.45) is 0 Å². The quantitative estimate of drug-likeness (QED) is 0.803. The average molecular weight is 244 g/mol. The van der Waals surface area contributed by atoms with Crippen LogP contribution in [0.2, 0.25) is 0 Å². The van der Waals surface area contributed by atoms with Gasteiger partial charge in [0.25, 0.3) is 0 Å². The van der Waals surface area contributed by atoms with Crippen molar-refractivity contribution in [1.29, 1.82) is 0 Å². The number of ether oxygens (including phenoxy) is 1. The molecule has 0 aliphatic heterocycles. The summed E-state index contributed by atoms with van der Waals surface area (Å²) >= 11 is 0. The van der Waals surface area contributed by atoms with E-state index in [0.717, 1.165) is 25.4 Å². The molecule has 1 rings (SSSR count). The van der Waals surface area contributed by atoms with Crippen LogP contribution in [-0.2, 0) is 0 Å². The van der Waals surface area contributed by atoms with E-state index in [-0.39, 0.29) is 12.4 Å². The molecule has 0 saturated heterocycles. The summed E-state index contributed by atoms with van der Waals surface area (Å²) in [5, 5.41) is 3.24. The predicted molar refractivity (Wildman–Crippen MR) is 71.9 cm³/mol.